The molecule has 0 spiro atoms. The smallest absolute Gasteiger partial charge is 0.251 e. The molecule has 1 unspecified atom stereocenters. The van der Waals surface area contributed by atoms with Crippen molar-refractivity contribution >= 4 is 22.2 Å². The average molecular weight is 300 g/mol. The van der Waals surface area contributed by atoms with Crippen molar-refractivity contribution in [3.63, 3.8) is 0 Å². The Balaban J connectivity index is 2.47. The van der Waals surface area contributed by atoms with Gasteiger partial charge in [0.25, 0.3) is 5.56 Å². The molecule has 0 radical (unpaired) electrons. The maximum atomic E-state index is 12.1. The van der Waals surface area contributed by atoms with E-state index < -0.39 is 6.23 Å². The van der Waals surface area contributed by atoms with Gasteiger partial charge in [-0.25, -0.2) is 0 Å². The van der Waals surface area contributed by atoms with E-state index in [-0.39, 0.29) is 11.3 Å². The zero-order valence-corrected chi connectivity index (χ0v) is 13.0. The lowest BCUT2D eigenvalue weighted by molar-refractivity contribution is 0.251. The summed E-state index contributed by atoms with van der Waals surface area (Å²) < 4.78 is 1.45. The molecule has 0 fully saturated rings. The monoisotopic (exact) mass is 300 g/mol. The highest BCUT2D eigenvalue weighted by Crippen LogP contribution is 2.42. The Morgan fingerprint density at radius 3 is 2.64 bits per heavy atom. The van der Waals surface area contributed by atoms with Crippen LogP contribution in [0.25, 0.3) is 16.5 Å². The number of nitrogens with one attached hydrogen (secondary N) is 1. The fourth-order valence-corrected chi connectivity index (χ4v) is 3.15. The van der Waals surface area contributed by atoms with E-state index in [4.69, 9.17) is 0 Å². The molecular weight excluding hydrogens is 280 g/mol. The predicted octanol–water partition coefficient (Wildman–Crippen LogP) is 2.34. The van der Waals surface area contributed by atoms with Gasteiger partial charge in [-0.05, 0) is 36.1 Å². The number of aliphatic hydroxyl groups excluding tert-OH is 1. The number of aliphatic hydroxyl groups is 1. The summed E-state index contributed by atoms with van der Waals surface area (Å²) in [5.41, 5.74) is 3.61. The van der Waals surface area contributed by atoms with E-state index >= 15 is 0 Å². The summed E-state index contributed by atoms with van der Waals surface area (Å²) in [6.07, 6.45) is 2.38. The molecule has 1 aromatic carbocycles. The average Bonchev–Trinajstić information content (AvgIpc) is 2.50. The lowest BCUT2D eigenvalue weighted by Crippen LogP contribution is -2.22. The topological polar surface area (TPSA) is 74.5 Å². The van der Waals surface area contributed by atoms with Crippen LogP contribution in [-0.4, -0.2) is 21.0 Å². The van der Waals surface area contributed by atoms with Crippen molar-refractivity contribution in [1.29, 1.82) is 0 Å². The number of fused-ring (bicyclic) bond motifs is 2. The summed E-state index contributed by atoms with van der Waals surface area (Å²) in [7, 11) is 1.64. The molecule has 0 saturated heterocycles. The fraction of sp³-hybridized carbons (Fsp3) is 0.353. The summed E-state index contributed by atoms with van der Waals surface area (Å²) in [4.78, 5) is 12.1. The van der Waals surface area contributed by atoms with Gasteiger partial charge in [0, 0.05) is 24.1 Å². The Morgan fingerprint density at radius 2 is 2.00 bits per heavy atom. The molecule has 3 N–H and O–H groups in total. The molecule has 0 aliphatic carbocycles. The number of hydrogen-bond acceptors (Lipinski definition) is 4. The van der Waals surface area contributed by atoms with Crippen molar-refractivity contribution in [3.8, 4) is 5.75 Å². The molecule has 1 aliphatic heterocycles. The van der Waals surface area contributed by atoms with Crippen molar-refractivity contribution in [2.75, 3.05) is 5.32 Å². The maximum absolute atomic E-state index is 12.1. The highest BCUT2D eigenvalue weighted by Gasteiger charge is 2.23. The first-order chi connectivity index (χ1) is 10.5. The second-order valence-electron chi connectivity index (χ2n) is 5.60. The third kappa shape index (κ3) is 2.01. The molecule has 0 amide bonds. The van der Waals surface area contributed by atoms with Gasteiger partial charge in [-0.3, -0.25) is 4.79 Å². The van der Waals surface area contributed by atoms with Gasteiger partial charge in [-0.15, -0.1) is 0 Å². The quantitative estimate of drug-likeness (QED) is 0.744. The minimum Gasteiger partial charge on any atom is -0.504 e. The van der Waals surface area contributed by atoms with Crippen LogP contribution in [0, 0.1) is 0 Å². The van der Waals surface area contributed by atoms with Gasteiger partial charge in [0.2, 0.25) is 0 Å². The molecule has 1 atom stereocenters. The number of rotatable bonds is 2. The number of hydrogen-bond donors (Lipinski definition) is 3. The molecule has 2 heterocycles. The van der Waals surface area contributed by atoms with Gasteiger partial charge in [-0.2, -0.15) is 0 Å². The summed E-state index contributed by atoms with van der Waals surface area (Å²) in [6, 6.07) is 3.62. The molecule has 2 aromatic rings. The van der Waals surface area contributed by atoms with E-state index in [1.54, 1.807) is 19.2 Å². The first-order valence-corrected chi connectivity index (χ1v) is 7.52. The first-order valence-electron chi connectivity index (χ1n) is 7.52. The number of aromatic nitrogens is 1. The second kappa shape index (κ2) is 5.18. The lowest BCUT2D eigenvalue weighted by atomic mass is 9.93. The number of allylic oxidation sites excluding steroid dienone is 1. The number of aromatic hydroxyl groups is 1. The maximum Gasteiger partial charge on any atom is 0.251 e. The van der Waals surface area contributed by atoms with Crippen LogP contribution in [0.4, 0.5) is 5.69 Å². The fourth-order valence-electron chi connectivity index (χ4n) is 3.15. The molecule has 5 nitrogen and oxygen atoms in total. The summed E-state index contributed by atoms with van der Waals surface area (Å²) in [6.45, 7) is 4.00. The van der Waals surface area contributed by atoms with Crippen molar-refractivity contribution in [3.05, 3.63) is 39.7 Å². The number of anilines is 1. The van der Waals surface area contributed by atoms with Gasteiger partial charge >= 0.3 is 0 Å². The van der Waals surface area contributed by atoms with E-state index in [1.165, 1.54) is 4.57 Å². The largest absolute Gasteiger partial charge is 0.504 e. The molecule has 0 bridgehead atoms. The van der Waals surface area contributed by atoms with Crippen LogP contribution >= 0.6 is 0 Å². The Morgan fingerprint density at radius 1 is 1.27 bits per heavy atom. The predicted molar refractivity (Wildman–Crippen MR) is 88.1 cm³/mol. The lowest BCUT2D eigenvalue weighted by Gasteiger charge is -2.25. The zero-order valence-electron chi connectivity index (χ0n) is 13.0. The Hall–Kier alpha value is -2.27. The Bertz CT molecular complexity index is 849. The minimum absolute atomic E-state index is 0.0144. The molecule has 116 valence electrons. The molecule has 1 aliphatic rings. The Kier molecular flexibility index (Phi) is 3.45. The molecule has 0 saturated carbocycles. The highest BCUT2D eigenvalue weighted by molar-refractivity contribution is 5.99. The number of nitrogens with zero attached hydrogens (tertiary/aromatic N) is 1. The summed E-state index contributed by atoms with van der Waals surface area (Å²) >= 11 is 0. The van der Waals surface area contributed by atoms with Gasteiger partial charge in [0.05, 0.1) is 11.2 Å². The first kappa shape index (κ1) is 14.7. The van der Waals surface area contributed by atoms with E-state index in [1.807, 2.05) is 19.9 Å². The molecule has 22 heavy (non-hydrogen) atoms. The van der Waals surface area contributed by atoms with Gasteiger partial charge in [-0.1, -0.05) is 13.8 Å². The van der Waals surface area contributed by atoms with Crippen LogP contribution in [0.3, 0.4) is 0 Å². The standard InChI is InChI=1S/C17H20N2O3/c1-4-9-6-13(20)18-15-11(9)8-12-10(5-2)7-14(21)19(3)16(12)17(15)22/h6-8,13,18,20,22H,4-5H2,1-3H3. The van der Waals surface area contributed by atoms with Crippen LogP contribution in [0.1, 0.15) is 31.4 Å². The van der Waals surface area contributed by atoms with Crippen LogP contribution < -0.4 is 10.9 Å². The van der Waals surface area contributed by atoms with Crippen LogP contribution in [0.15, 0.2) is 23.0 Å². The van der Waals surface area contributed by atoms with Gasteiger partial charge in [0.1, 0.15) is 6.23 Å². The van der Waals surface area contributed by atoms with E-state index in [0.717, 1.165) is 28.5 Å². The van der Waals surface area contributed by atoms with Crippen LogP contribution in [0.5, 0.6) is 5.75 Å². The second-order valence-corrected chi connectivity index (χ2v) is 5.60. The van der Waals surface area contributed by atoms with E-state index in [9.17, 15) is 15.0 Å². The number of benzene rings is 1. The van der Waals surface area contributed by atoms with Crippen molar-refractivity contribution < 1.29 is 10.2 Å². The molecule has 3 rings (SSSR count). The molecule has 5 heteroatoms. The van der Waals surface area contributed by atoms with Crippen molar-refractivity contribution in [2.45, 2.75) is 32.9 Å². The SMILES string of the molecule is CCC1=CC(O)Nc2c1cc1c(CC)cc(=O)n(C)c1c2O. The zero-order chi connectivity index (χ0) is 16.0. The third-order valence-electron chi connectivity index (χ3n) is 4.34. The molecule has 1 aromatic heterocycles. The van der Waals surface area contributed by atoms with Crippen molar-refractivity contribution in [2.24, 2.45) is 7.05 Å². The van der Waals surface area contributed by atoms with E-state index in [0.29, 0.717) is 17.6 Å². The van der Waals surface area contributed by atoms with Gasteiger partial charge < -0.3 is 20.1 Å². The molecular formula is C17H20N2O3. The Labute approximate surface area is 128 Å². The number of pyridine rings is 1. The number of phenolic OH excluding ortho intramolecular Hbond substituents is 1. The number of aryl methyl sites for hydroxylation is 2. The minimum atomic E-state index is -0.836. The summed E-state index contributed by atoms with van der Waals surface area (Å²) in [5, 5.41) is 24.4. The van der Waals surface area contributed by atoms with E-state index in [2.05, 4.69) is 5.32 Å². The number of phenols is 1. The van der Waals surface area contributed by atoms with Crippen LogP contribution in [-0.2, 0) is 13.5 Å². The van der Waals surface area contributed by atoms with Gasteiger partial charge in [0.15, 0.2) is 5.75 Å². The highest BCUT2D eigenvalue weighted by atomic mass is 16.3. The summed E-state index contributed by atoms with van der Waals surface area (Å²) in [5.74, 6) is 0.0144. The normalized spacial score (nSPS) is 17.1. The van der Waals surface area contributed by atoms with Crippen LogP contribution in [0.2, 0.25) is 0 Å². The third-order valence-corrected chi connectivity index (χ3v) is 4.34. The van der Waals surface area contributed by atoms with Crippen molar-refractivity contribution in [1.82, 2.24) is 4.57 Å².